The molecule has 1 saturated heterocycles. The molecule has 1 aliphatic heterocycles. The van der Waals surface area contributed by atoms with E-state index in [1.54, 1.807) is 24.3 Å². The first kappa shape index (κ1) is 26.5. The smallest absolute Gasteiger partial charge is 0.363 e. The summed E-state index contributed by atoms with van der Waals surface area (Å²) in [6, 6.07) is 13.0. The summed E-state index contributed by atoms with van der Waals surface area (Å²) in [5.74, 6) is -1.10. The normalized spacial score (nSPS) is 14.2. The molecular weight excluding hydrogens is 490 g/mol. The van der Waals surface area contributed by atoms with Crippen molar-refractivity contribution in [1.82, 2.24) is 9.96 Å². The van der Waals surface area contributed by atoms with Crippen LogP contribution in [0, 0.1) is 0 Å². The highest BCUT2D eigenvalue weighted by Crippen LogP contribution is 2.17. The van der Waals surface area contributed by atoms with Gasteiger partial charge in [-0.2, -0.15) is 0 Å². The van der Waals surface area contributed by atoms with E-state index in [0.717, 1.165) is 25.8 Å². The van der Waals surface area contributed by atoms with Crippen molar-refractivity contribution in [3.05, 3.63) is 60.4 Å². The molecule has 3 rings (SSSR count). The van der Waals surface area contributed by atoms with Crippen LogP contribution in [0.3, 0.4) is 0 Å². The Kier molecular flexibility index (Phi) is 10.5. The van der Waals surface area contributed by atoms with Crippen LogP contribution in [0.5, 0.6) is 5.75 Å². The van der Waals surface area contributed by atoms with Crippen LogP contribution >= 0.6 is 0 Å². The summed E-state index contributed by atoms with van der Waals surface area (Å²) in [4.78, 5) is 42.4. The molecule has 0 unspecified atom stereocenters. The maximum Gasteiger partial charge on any atom is 0.363 e. The van der Waals surface area contributed by atoms with Crippen LogP contribution < -0.4 is 26.3 Å². The van der Waals surface area contributed by atoms with E-state index in [-0.39, 0.29) is 35.4 Å². The van der Waals surface area contributed by atoms with E-state index in [1.165, 1.54) is 0 Å². The van der Waals surface area contributed by atoms with Gasteiger partial charge in [0.05, 0.1) is 12.2 Å². The number of hydrogen-bond acceptors (Lipinski definition) is 6. The average Bonchev–Trinajstić information content (AvgIpc) is 3.11. The zero-order chi connectivity index (χ0) is 22.9. The van der Waals surface area contributed by atoms with Crippen LogP contribution in [-0.2, 0) is 21.0 Å². The van der Waals surface area contributed by atoms with Gasteiger partial charge in [-0.15, -0.1) is 5.06 Å². The van der Waals surface area contributed by atoms with Crippen LogP contribution in [0.25, 0.3) is 0 Å². The van der Waals surface area contributed by atoms with Crippen molar-refractivity contribution in [2.45, 2.75) is 44.7 Å². The van der Waals surface area contributed by atoms with E-state index < -0.39 is 17.8 Å². The van der Waals surface area contributed by atoms with Crippen molar-refractivity contribution in [2.75, 3.05) is 20.7 Å². The van der Waals surface area contributed by atoms with Gasteiger partial charge in [-0.05, 0) is 51.2 Å². The molecule has 9 heteroatoms. The minimum absolute atomic E-state index is 0. The third-order valence-corrected chi connectivity index (χ3v) is 5.45. The summed E-state index contributed by atoms with van der Waals surface area (Å²) in [6.45, 7) is 1.54. The maximum atomic E-state index is 12.2. The number of aryl methyl sites for hydroxylation is 1. The Bertz CT molecular complexity index is 905. The van der Waals surface area contributed by atoms with Crippen molar-refractivity contribution in [2.24, 2.45) is 0 Å². The summed E-state index contributed by atoms with van der Waals surface area (Å²) < 4.78 is 8.04. The third-order valence-electron chi connectivity index (χ3n) is 5.45. The van der Waals surface area contributed by atoms with Crippen molar-refractivity contribution in [1.29, 1.82) is 0 Å². The lowest BCUT2D eigenvalue weighted by Gasteiger charge is -2.24. The van der Waals surface area contributed by atoms with E-state index in [4.69, 9.17) is 9.57 Å². The molecular formula is C24H30BrN3O5. The fourth-order valence-corrected chi connectivity index (χ4v) is 3.55. The first-order valence-electron chi connectivity index (χ1n) is 10.9. The van der Waals surface area contributed by atoms with Crippen LogP contribution in [0.15, 0.2) is 54.9 Å². The molecule has 0 radical (unpaired) electrons. The molecule has 2 aromatic rings. The van der Waals surface area contributed by atoms with Crippen LogP contribution in [0.1, 0.15) is 42.5 Å². The lowest BCUT2D eigenvalue weighted by molar-refractivity contribution is -0.697. The van der Waals surface area contributed by atoms with Gasteiger partial charge in [-0.25, -0.2) is 9.36 Å². The zero-order valence-corrected chi connectivity index (χ0v) is 20.6. The molecule has 0 bridgehead atoms. The molecule has 0 aliphatic carbocycles. The summed E-state index contributed by atoms with van der Waals surface area (Å²) in [6.07, 6.45) is 7.32. The second-order valence-corrected chi connectivity index (χ2v) is 8.00. The van der Waals surface area contributed by atoms with Crippen LogP contribution in [0.4, 0.5) is 0 Å². The summed E-state index contributed by atoms with van der Waals surface area (Å²) in [5.41, 5.74) is 0.245. The number of halogens is 1. The van der Waals surface area contributed by atoms with Gasteiger partial charge in [0, 0.05) is 37.4 Å². The Hall–Kier alpha value is -2.78. The predicted octanol–water partition coefficient (Wildman–Crippen LogP) is -0.622. The minimum Gasteiger partial charge on any atom is -1.00 e. The lowest BCUT2D eigenvalue weighted by Crippen LogP contribution is -3.00. The van der Waals surface area contributed by atoms with Crippen LogP contribution in [-0.4, -0.2) is 54.5 Å². The van der Waals surface area contributed by atoms with E-state index in [9.17, 15) is 14.4 Å². The number of carbonyl (C=O) groups is 3. The molecule has 1 aliphatic rings. The third kappa shape index (κ3) is 7.94. The SMILES string of the molecule is CN(C)[C@H](CCC[n+]1ccccc1)CCOc1ccc(C(=O)ON2C(=O)CCC2=O)cc1.[Br-]. The molecule has 8 nitrogen and oxygen atoms in total. The molecule has 2 heterocycles. The van der Waals surface area contributed by atoms with E-state index in [2.05, 4.69) is 36.0 Å². The predicted molar refractivity (Wildman–Crippen MR) is 116 cm³/mol. The van der Waals surface area contributed by atoms with Gasteiger partial charge in [0.15, 0.2) is 12.4 Å². The number of hydroxylamine groups is 2. The Balaban J connectivity index is 0.00000385. The second kappa shape index (κ2) is 13.1. The number of amides is 2. The van der Waals surface area contributed by atoms with Gasteiger partial charge < -0.3 is 31.5 Å². The number of carbonyl (C=O) groups excluding carboxylic acids is 3. The first-order valence-corrected chi connectivity index (χ1v) is 10.9. The molecule has 0 saturated carbocycles. The highest BCUT2D eigenvalue weighted by atomic mass is 79.9. The quantitative estimate of drug-likeness (QED) is 0.290. The first-order chi connectivity index (χ1) is 15.4. The molecule has 2 amide bonds. The van der Waals surface area contributed by atoms with Crippen LogP contribution in [0.2, 0.25) is 0 Å². The van der Waals surface area contributed by atoms with Crippen molar-refractivity contribution < 1.29 is 45.5 Å². The molecule has 178 valence electrons. The largest absolute Gasteiger partial charge is 1.00 e. The summed E-state index contributed by atoms with van der Waals surface area (Å²) in [7, 11) is 4.16. The number of hydrogen-bond donors (Lipinski definition) is 0. The van der Waals surface area contributed by atoms with Gasteiger partial charge >= 0.3 is 5.97 Å². The molecule has 0 N–H and O–H groups in total. The molecule has 1 aromatic heterocycles. The van der Waals surface area contributed by atoms with Gasteiger partial charge in [-0.3, -0.25) is 9.59 Å². The average molecular weight is 520 g/mol. The molecule has 33 heavy (non-hydrogen) atoms. The molecule has 0 spiro atoms. The molecule has 1 aromatic carbocycles. The number of nitrogens with zero attached hydrogens (tertiary/aromatic N) is 3. The van der Waals surface area contributed by atoms with Gasteiger partial charge in [0.25, 0.3) is 11.8 Å². The van der Waals surface area contributed by atoms with E-state index in [0.29, 0.717) is 23.5 Å². The Labute approximate surface area is 204 Å². The number of rotatable bonds is 11. The Morgan fingerprint density at radius 2 is 1.67 bits per heavy atom. The van der Waals surface area contributed by atoms with Gasteiger partial charge in [-0.1, -0.05) is 6.07 Å². The number of aromatic nitrogens is 1. The van der Waals surface area contributed by atoms with Crippen molar-refractivity contribution in [3.63, 3.8) is 0 Å². The zero-order valence-electron chi connectivity index (χ0n) is 19.0. The standard InChI is InChI=1S/C24H30N3O5.BrH/c1-25(2)20(7-6-17-26-15-4-3-5-16-26)14-18-31-21-10-8-19(9-11-21)24(30)32-27-22(28)12-13-23(27)29;/h3-5,8-11,15-16,20H,6-7,12-14,17-18H2,1-2H3;1H/q+1;/p-1/t20-;/m1./s1. The lowest BCUT2D eigenvalue weighted by atomic mass is 10.1. The number of benzene rings is 1. The van der Waals surface area contributed by atoms with Gasteiger partial charge in [0.1, 0.15) is 12.3 Å². The van der Waals surface area contributed by atoms with E-state index in [1.807, 2.05) is 18.2 Å². The molecule has 1 fully saturated rings. The highest BCUT2D eigenvalue weighted by Gasteiger charge is 2.33. The van der Waals surface area contributed by atoms with Gasteiger partial charge in [0.2, 0.25) is 0 Å². The van der Waals surface area contributed by atoms with E-state index >= 15 is 0 Å². The topological polar surface area (TPSA) is 80.0 Å². The Morgan fingerprint density at radius 1 is 1.03 bits per heavy atom. The van der Waals surface area contributed by atoms with Crippen molar-refractivity contribution >= 4 is 17.8 Å². The fourth-order valence-electron chi connectivity index (χ4n) is 3.55. The minimum atomic E-state index is -0.746. The Morgan fingerprint density at radius 3 is 2.27 bits per heavy atom. The number of pyridine rings is 1. The number of ether oxygens (including phenoxy) is 1. The number of imide groups is 1. The highest BCUT2D eigenvalue weighted by molar-refractivity contribution is 6.02. The van der Waals surface area contributed by atoms with Crippen molar-refractivity contribution in [3.8, 4) is 5.75 Å². The monoisotopic (exact) mass is 519 g/mol. The summed E-state index contributed by atoms with van der Waals surface area (Å²) >= 11 is 0. The fraction of sp³-hybridized carbons (Fsp3) is 0.417. The maximum absolute atomic E-state index is 12.2. The second-order valence-electron chi connectivity index (χ2n) is 8.00. The molecule has 1 atom stereocenters. The summed E-state index contributed by atoms with van der Waals surface area (Å²) in [5, 5.41) is 0.546.